The molecule has 1 heterocycles. The van der Waals surface area contributed by atoms with Crippen LogP contribution in [-0.4, -0.2) is 17.7 Å². The molecule has 2 aromatic rings. The number of ether oxygens (including phenoxy) is 1. The largest absolute Gasteiger partial charge is 0.492 e. The van der Waals surface area contributed by atoms with Crippen LogP contribution < -0.4 is 15.8 Å². The van der Waals surface area contributed by atoms with Crippen molar-refractivity contribution in [2.75, 3.05) is 17.7 Å². The van der Waals surface area contributed by atoms with Crippen molar-refractivity contribution >= 4 is 17.5 Å². The highest BCUT2D eigenvalue weighted by atomic mass is 16.5. The van der Waals surface area contributed by atoms with E-state index in [1.807, 2.05) is 6.92 Å². The van der Waals surface area contributed by atoms with Gasteiger partial charge in [-0.1, -0.05) is 5.16 Å². The average Bonchev–Trinajstić information content (AvgIpc) is 2.77. The van der Waals surface area contributed by atoms with Gasteiger partial charge in [0.2, 0.25) is 5.88 Å². The second kappa shape index (κ2) is 5.43. The summed E-state index contributed by atoms with van der Waals surface area (Å²) in [5.74, 6) is 0.551. The smallest absolute Gasteiger partial charge is 0.258 e. The van der Waals surface area contributed by atoms with Crippen LogP contribution in [0.4, 0.5) is 11.6 Å². The molecule has 1 amide bonds. The SMILES string of the molecule is CCOc1ccc(C(=O)Nc2cc(C)no2)cc1N. The van der Waals surface area contributed by atoms with Crippen LogP contribution in [-0.2, 0) is 0 Å². The molecule has 0 saturated heterocycles. The molecule has 19 heavy (non-hydrogen) atoms. The lowest BCUT2D eigenvalue weighted by Gasteiger charge is -2.08. The molecule has 1 aromatic heterocycles. The van der Waals surface area contributed by atoms with Crippen LogP contribution in [0.3, 0.4) is 0 Å². The van der Waals surface area contributed by atoms with Crippen LogP contribution in [0.15, 0.2) is 28.8 Å². The van der Waals surface area contributed by atoms with Gasteiger partial charge in [-0.2, -0.15) is 0 Å². The summed E-state index contributed by atoms with van der Waals surface area (Å²) >= 11 is 0. The number of carbonyl (C=O) groups is 1. The molecule has 0 fully saturated rings. The highest BCUT2D eigenvalue weighted by molar-refractivity contribution is 6.04. The number of aryl methyl sites for hydroxylation is 1. The number of aromatic nitrogens is 1. The Hall–Kier alpha value is -2.50. The van der Waals surface area contributed by atoms with Crippen molar-refractivity contribution < 1.29 is 14.1 Å². The number of anilines is 2. The van der Waals surface area contributed by atoms with Crippen molar-refractivity contribution in [3.63, 3.8) is 0 Å². The lowest BCUT2D eigenvalue weighted by atomic mass is 10.2. The first-order valence-electron chi connectivity index (χ1n) is 5.87. The van der Waals surface area contributed by atoms with Crippen molar-refractivity contribution in [2.45, 2.75) is 13.8 Å². The number of nitrogens with two attached hydrogens (primary N) is 1. The van der Waals surface area contributed by atoms with Crippen molar-refractivity contribution in [1.82, 2.24) is 5.16 Å². The molecule has 0 saturated carbocycles. The van der Waals surface area contributed by atoms with Crippen LogP contribution in [0.2, 0.25) is 0 Å². The average molecular weight is 261 g/mol. The predicted molar refractivity (Wildman–Crippen MR) is 71.2 cm³/mol. The van der Waals surface area contributed by atoms with E-state index in [2.05, 4.69) is 10.5 Å². The molecule has 0 atom stereocenters. The zero-order chi connectivity index (χ0) is 13.8. The van der Waals surface area contributed by atoms with Gasteiger partial charge in [0.1, 0.15) is 5.75 Å². The molecule has 0 aliphatic carbocycles. The van der Waals surface area contributed by atoms with Gasteiger partial charge in [-0.3, -0.25) is 10.1 Å². The first-order chi connectivity index (χ1) is 9.10. The summed E-state index contributed by atoms with van der Waals surface area (Å²) in [6.07, 6.45) is 0. The summed E-state index contributed by atoms with van der Waals surface area (Å²) in [4.78, 5) is 11.9. The molecule has 1 aromatic carbocycles. The van der Waals surface area contributed by atoms with E-state index in [-0.39, 0.29) is 5.91 Å². The second-order valence-corrected chi connectivity index (χ2v) is 3.97. The Bertz CT molecular complexity index is 593. The number of benzene rings is 1. The zero-order valence-electron chi connectivity index (χ0n) is 10.8. The number of nitrogens with zero attached hydrogens (tertiary/aromatic N) is 1. The van der Waals surface area contributed by atoms with E-state index in [4.69, 9.17) is 15.0 Å². The molecule has 0 radical (unpaired) electrons. The molecule has 0 spiro atoms. The number of carbonyl (C=O) groups excluding carboxylic acids is 1. The first kappa shape index (κ1) is 12.9. The highest BCUT2D eigenvalue weighted by Crippen LogP contribution is 2.23. The molecule has 0 aliphatic rings. The lowest BCUT2D eigenvalue weighted by molar-refractivity contribution is 0.102. The fourth-order valence-electron chi connectivity index (χ4n) is 1.58. The predicted octanol–water partition coefficient (Wildman–Crippen LogP) is 2.22. The van der Waals surface area contributed by atoms with Crippen LogP contribution in [0, 0.1) is 6.92 Å². The Labute approximate surface area is 110 Å². The summed E-state index contributed by atoms with van der Waals surface area (Å²) < 4.78 is 10.2. The standard InChI is InChI=1S/C13H15N3O3/c1-3-18-11-5-4-9(7-10(11)14)13(17)15-12-6-8(2)16-19-12/h4-7H,3,14H2,1-2H3,(H,15,17). The van der Waals surface area contributed by atoms with Crippen molar-refractivity contribution in [3.05, 3.63) is 35.5 Å². The van der Waals surface area contributed by atoms with Gasteiger partial charge in [0.15, 0.2) is 0 Å². The van der Waals surface area contributed by atoms with Gasteiger partial charge < -0.3 is 15.0 Å². The topological polar surface area (TPSA) is 90.4 Å². The van der Waals surface area contributed by atoms with E-state index in [0.29, 0.717) is 35.2 Å². The van der Waals surface area contributed by atoms with E-state index in [0.717, 1.165) is 0 Å². The zero-order valence-corrected chi connectivity index (χ0v) is 10.8. The van der Waals surface area contributed by atoms with Crippen LogP contribution in [0.5, 0.6) is 5.75 Å². The van der Waals surface area contributed by atoms with Gasteiger partial charge in [-0.05, 0) is 32.0 Å². The van der Waals surface area contributed by atoms with Gasteiger partial charge >= 0.3 is 0 Å². The van der Waals surface area contributed by atoms with Crippen LogP contribution in [0.1, 0.15) is 23.0 Å². The monoisotopic (exact) mass is 261 g/mol. The fourth-order valence-corrected chi connectivity index (χ4v) is 1.58. The molecule has 0 aliphatic heterocycles. The number of nitrogen functional groups attached to an aromatic ring is 1. The second-order valence-electron chi connectivity index (χ2n) is 3.97. The van der Waals surface area contributed by atoms with E-state index < -0.39 is 0 Å². The van der Waals surface area contributed by atoms with E-state index in [1.54, 1.807) is 31.2 Å². The van der Waals surface area contributed by atoms with E-state index in [9.17, 15) is 4.79 Å². The Morgan fingerprint density at radius 3 is 2.84 bits per heavy atom. The van der Waals surface area contributed by atoms with Gasteiger partial charge in [0.05, 0.1) is 18.0 Å². The summed E-state index contributed by atoms with van der Waals surface area (Å²) in [5, 5.41) is 6.28. The minimum atomic E-state index is -0.314. The maximum atomic E-state index is 11.9. The molecule has 6 heteroatoms. The van der Waals surface area contributed by atoms with E-state index in [1.165, 1.54) is 0 Å². The highest BCUT2D eigenvalue weighted by Gasteiger charge is 2.11. The number of nitrogens with one attached hydrogen (secondary N) is 1. The van der Waals surface area contributed by atoms with Gasteiger partial charge in [-0.15, -0.1) is 0 Å². The van der Waals surface area contributed by atoms with Crippen LogP contribution >= 0.6 is 0 Å². The summed E-state index contributed by atoms with van der Waals surface area (Å²) in [7, 11) is 0. The third-order valence-electron chi connectivity index (χ3n) is 2.44. The molecule has 3 N–H and O–H groups in total. The molecule has 6 nitrogen and oxygen atoms in total. The van der Waals surface area contributed by atoms with Gasteiger partial charge in [0.25, 0.3) is 5.91 Å². The quantitative estimate of drug-likeness (QED) is 0.823. The Kier molecular flexibility index (Phi) is 3.70. The third-order valence-corrected chi connectivity index (χ3v) is 2.44. The lowest BCUT2D eigenvalue weighted by Crippen LogP contribution is -2.12. The number of hydrogen-bond donors (Lipinski definition) is 2. The normalized spacial score (nSPS) is 10.2. The van der Waals surface area contributed by atoms with Crippen LogP contribution in [0.25, 0.3) is 0 Å². The summed E-state index contributed by atoms with van der Waals surface area (Å²) in [6.45, 7) is 4.16. The summed E-state index contributed by atoms with van der Waals surface area (Å²) in [5.41, 5.74) is 7.34. The van der Waals surface area contributed by atoms with Gasteiger partial charge in [-0.25, -0.2) is 0 Å². The Morgan fingerprint density at radius 2 is 2.26 bits per heavy atom. The molecule has 0 unspecified atom stereocenters. The van der Waals surface area contributed by atoms with E-state index >= 15 is 0 Å². The fraction of sp³-hybridized carbons (Fsp3) is 0.231. The first-order valence-corrected chi connectivity index (χ1v) is 5.87. The molecule has 100 valence electrons. The Balaban J connectivity index is 2.13. The maximum absolute atomic E-state index is 11.9. The molecular weight excluding hydrogens is 246 g/mol. The van der Waals surface area contributed by atoms with Crippen molar-refractivity contribution in [2.24, 2.45) is 0 Å². The summed E-state index contributed by atoms with van der Waals surface area (Å²) in [6, 6.07) is 6.50. The number of hydrogen-bond acceptors (Lipinski definition) is 5. The molecular formula is C13H15N3O3. The van der Waals surface area contributed by atoms with Gasteiger partial charge in [0, 0.05) is 11.6 Å². The number of rotatable bonds is 4. The minimum Gasteiger partial charge on any atom is -0.492 e. The maximum Gasteiger partial charge on any atom is 0.258 e. The molecule has 2 rings (SSSR count). The number of amides is 1. The van der Waals surface area contributed by atoms with Crippen molar-refractivity contribution in [3.8, 4) is 5.75 Å². The third kappa shape index (κ3) is 3.04. The van der Waals surface area contributed by atoms with Crippen molar-refractivity contribution in [1.29, 1.82) is 0 Å². The molecule has 0 bridgehead atoms. The Morgan fingerprint density at radius 1 is 1.47 bits per heavy atom. The minimum absolute atomic E-state index is 0.301.